The molecule has 15 heteroatoms. The van der Waals surface area contributed by atoms with Gasteiger partial charge in [-0.05, 0) is 58.0 Å². The molecular formula is C52H58N2O13. The minimum absolute atomic E-state index is 0.0121. The van der Waals surface area contributed by atoms with Gasteiger partial charge in [0.15, 0.2) is 0 Å². The number of aliphatic hydroxyl groups excluding tert-OH is 2. The zero-order valence-corrected chi connectivity index (χ0v) is 39.5. The maximum absolute atomic E-state index is 15.2. The maximum atomic E-state index is 15.2. The molecule has 3 aliphatic heterocycles. The molecule has 7 rings (SSSR count). The van der Waals surface area contributed by atoms with Crippen molar-refractivity contribution in [3.05, 3.63) is 135 Å². The molecule has 4 aliphatic rings. The summed E-state index contributed by atoms with van der Waals surface area (Å²) in [6.07, 6.45) is 3.22. The number of amides is 1. The predicted octanol–water partition coefficient (Wildman–Crippen LogP) is 7.20. The monoisotopic (exact) mass is 918 g/mol. The summed E-state index contributed by atoms with van der Waals surface area (Å²) < 4.78 is 29.9. The zero-order valence-electron chi connectivity index (χ0n) is 39.5. The Hall–Kier alpha value is -6.68. The van der Waals surface area contributed by atoms with Crippen molar-refractivity contribution in [2.75, 3.05) is 12.4 Å². The fourth-order valence-corrected chi connectivity index (χ4v) is 8.55. The number of carbonyl (C=O) groups excluding carboxylic acids is 6. The van der Waals surface area contributed by atoms with Crippen molar-refractivity contribution in [3.63, 3.8) is 0 Å². The second kappa shape index (κ2) is 20.0. The third kappa shape index (κ3) is 10.0. The molecule has 0 spiro atoms. The highest BCUT2D eigenvalue weighted by Gasteiger charge is 2.53. The number of hydrogen-bond acceptors (Lipinski definition) is 14. The molecule has 3 aromatic rings. The summed E-state index contributed by atoms with van der Waals surface area (Å²) in [7, 11) is 1.42. The zero-order chi connectivity index (χ0) is 49.2. The Morgan fingerprint density at radius 1 is 0.791 bits per heavy atom. The summed E-state index contributed by atoms with van der Waals surface area (Å²) in [6.45, 7) is 16.1. The number of nitrogens with one attached hydrogen (secondary N) is 2. The molecule has 0 radical (unpaired) electrons. The van der Waals surface area contributed by atoms with E-state index in [-0.39, 0.29) is 39.5 Å². The van der Waals surface area contributed by atoms with E-state index in [1.54, 1.807) is 76.2 Å². The van der Waals surface area contributed by atoms with Crippen LogP contribution < -0.4 is 20.1 Å². The molecule has 4 N–H and O–H groups in total. The molecular weight excluding hydrogens is 861 g/mol. The number of rotatable bonds is 6. The van der Waals surface area contributed by atoms with Crippen molar-refractivity contribution in [2.24, 2.45) is 23.7 Å². The van der Waals surface area contributed by atoms with Gasteiger partial charge in [-0.25, -0.2) is 4.79 Å². The second-order valence-corrected chi connectivity index (χ2v) is 17.8. The summed E-state index contributed by atoms with van der Waals surface area (Å²) in [5, 5.41) is 28.7. The molecule has 0 saturated heterocycles. The van der Waals surface area contributed by atoms with E-state index in [9.17, 15) is 29.4 Å². The number of ketones is 3. The minimum Gasteiger partial charge on any atom is -0.462 e. The number of aliphatic hydroxyl groups is 2. The average molecular weight is 919 g/mol. The van der Waals surface area contributed by atoms with E-state index in [4.69, 9.17) is 23.7 Å². The molecule has 3 heterocycles. The van der Waals surface area contributed by atoms with Crippen LogP contribution in [0.1, 0.15) is 107 Å². The van der Waals surface area contributed by atoms with Crippen molar-refractivity contribution >= 4 is 40.9 Å². The largest absolute Gasteiger partial charge is 0.462 e. The van der Waals surface area contributed by atoms with E-state index in [0.717, 1.165) is 11.1 Å². The third-order valence-electron chi connectivity index (χ3n) is 12.7. The molecule has 0 fully saturated rings. The van der Waals surface area contributed by atoms with Crippen LogP contribution in [0.3, 0.4) is 0 Å². The lowest BCUT2D eigenvalue weighted by atomic mass is 9.78. The molecule has 1 amide bonds. The number of carbonyl (C=O) groups is 6. The van der Waals surface area contributed by atoms with Gasteiger partial charge in [0.25, 0.3) is 11.7 Å². The van der Waals surface area contributed by atoms with Crippen LogP contribution in [-0.4, -0.2) is 82.7 Å². The number of methoxy groups -OCH3 is 1. The van der Waals surface area contributed by atoms with Gasteiger partial charge in [0.05, 0.1) is 46.8 Å². The standard InChI is InChI=1S/C52H58N2O13/c1-25-15-19-34(20-16-25)51(62)66-47-32(8)48-39-37-38(47)45(59)41(40(44(37)58)53-35-21-17-26(2)18-22-35)54-50(61)28(4)14-12-13-27(3)42(56)30(6)43(57)31(7)46(65-33(9)55)29(5)36(63-11)23-24-64-52(10,67-48)49(39)60/h12-24,27,29-31,36,42-43,46,53,56-57H,1-11H3,(H,54,61)/b13-12-,24-23-,28-14-/t27-,29+,30+,31-,36-,42-,43-,46+,52-/m0/s1. The summed E-state index contributed by atoms with van der Waals surface area (Å²) in [5.41, 5.74) is 0.274. The molecule has 3 aromatic carbocycles. The first-order valence-electron chi connectivity index (χ1n) is 22.1. The van der Waals surface area contributed by atoms with Crippen molar-refractivity contribution in [3.8, 4) is 11.5 Å². The first kappa shape index (κ1) is 49.7. The Bertz CT molecular complexity index is 2610. The molecule has 9 atom stereocenters. The van der Waals surface area contributed by atoms with Gasteiger partial charge in [-0.2, -0.15) is 0 Å². The van der Waals surface area contributed by atoms with Crippen molar-refractivity contribution < 1.29 is 62.7 Å². The van der Waals surface area contributed by atoms with Crippen molar-refractivity contribution in [1.29, 1.82) is 0 Å². The molecule has 0 aromatic heterocycles. The Kier molecular flexibility index (Phi) is 14.9. The molecule has 15 nitrogen and oxygen atoms in total. The van der Waals surface area contributed by atoms with Gasteiger partial charge in [0.2, 0.25) is 11.6 Å². The van der Waals surface area contributed by atoms with Crippen LogP contribution in [0.2, 0.25) is 0 Å². The lowest BCUT2D eigenvalue weighted by Crippen LogP contribution is -2.46. The lowest BCUT2D eigenvalue weighted by Gasteiger charge is -2.38. The van der Waals surface area contributed by atoms with E-state index in [2.05, 4.69) is 10.6 Å². The van der Waals surface area contributed by atoms with Gasteiger partial charge in [-0.3, -0.25) is 24.0 Å². The van der Waals surface area contributed by atoms with Crippen LogP contribution in [0.5, 0.6) is 11.5 Å². The quantitative estimate of drug-likeness (QED) is 0.142. The van der Waals surface area contributed by atoms with Crippen LogP contribution in [0.4, 0.5) is 5.69 Å². The molecule has 5 bridgehead atoms. The topological polar surface area (TPSA) is 213 Å². The Morgan fingerprint density at radius 2 is 1.42 bits per heavy atom. The summed E-state index contributed by atoms with van der Waals surface area (Å²) >= 11 is 0. The second-order valence-electron chi connectivity index (χ2n) is 17.8. The summed E-state index contributed by atoms with van der Waals surface area (Å²) in [4.78, 5) is 85.5. The van der Waals surface area contributed by atoms with Crippen molar-refractivity contribution in [1.82, 2.24) is 5.32 Å². The van der Waals surface area contributed by atoms with E-state index in [1.807, 2.05) is 13.8 Å². The van der Waals surface area contributed by atoms with Gasteiger partial charge in [0.1, 0.15) is 29.0 Å². The van der Waals surface area contributed by atoms with Crippen LogP contribution in [0.15, 0.2) is 96.1 Å². The van der Waals surface area contributed by atoms with E-state index in [1.165, 1.54) is 65.4 Å². The predicted molar refractivity (Wildman–Crippen MR) is 247 cm³/mol. The van der Waals surface area contributed by atoms with Crippen LogP contribution in [-0.2, 0) is 23.8 Å². The van der Waals surface area contributed by atoms with Gasteiger partial charge >= 0.3 is 17.7 Å². The Labute approximate surface area is 389 Å². The summed E-state index contributed by atoms with van der Waals surface area (Å²) in [6, 6.07) is 13.4. The number of allylic oxidation sites excluding steroid dienone is 4. The van der Waals surface area contributed by atoms with E-state index >= 15 is 9.59 Å². The van der Waals surface area contributed by atoms with Gasteiger partial charge in [0, 0.05) is 61.5 Å². The van der Waals surface area contributed by atoms with Crippen LogP contribution in [0.25, 0.3) is 0 Å². The Balaban J connectivity index is 1.57. The highest BCUT2D eigenvalue weighted by molar-refractivity contribution is 6.33. The fraction of sp³-hybridized carbons (Fsp3) is 0.385. The maximum Gasteiger partial charge on any atom is 0.343 e. The number of fused-ring (bicyclic) bond motifs is 14. The van der Waals surface area contributed by atoms with Crippen molar-refractivity contribution in [2.45, 2.75) is 99.4 Å². The van der Waals surface area contributed by atoms with Gasteiger partial charge in [-0.15, -0.1) is 0 Å². The average Bonchev–Trinajstić information content (AvgIpc) is 3.56. The highest BCUT2D eigenvalue weighted by atomic mass is 16.7. The molecule has 0 unspecified atom stereocenters. The molecule has 1 aliphatic carbocycles. The lowest BCUT2D eigenvalue weighted by molar-refractivity contribution is -0.160. The molecule has 67 heavy (non-hydrogen) atoms. The number of benzene rings is 3. The molecule has 0 saturated carbocycles. The first-order chi connectivity index (χ1) is 31.6. The number of esters is 2. The van der Waals surface area contributed by atoms with Crippen LogP contribution in [0, 0.1) is 44.4 Å². The normalized spacial score (nSPS) is 28.6. The number of Topliss-reactive ketones (excluding diaryl/α,β-unsaturated/α-hetero) is 3. The van der Waals surface area contributed by atoms with E-state index in [0.29, 0.717) is 5.69 Å². The number of hydrogen-bond donors (Lipinski definition) is 4. The molecule has 354 valence electrons. The van der Waals surface area contributed by atoms with Gasteiger partial charge in [-0.1, -0.05) is 81.3 Å². The smallest absolute Gasteiger partial charge is 0.343 e. The summed E-state index contributed by atoms with van der Waals surface area (Å²) in [5.74, 6) is -10.4. The van der Waals surface area contributed by atoms with Gasteiger partial charge < -0.3 is 44.5 Å². The number of anilines is 1. The highest BCUT2D eigenvalue weighted by Crippen LogP contribution is 2.49. The minimum atomic E-state index is -2.17. The number of ether oxygens (including phenoxy) is 5. The first-order valence-corrected chi connectivity index (χ1v) is 22.1. The third-order valence-corrected chi connectivity index (χ3v) is 12.7. The van der Waals surface area contributed by atoms with E-state index < -0.39 is 106 Å². The van der Waals surface area contributed by atoms with Crippen LogP contribution >= 0.6 is 0 Å². The number of aryl methyl sites for hydroxylation is 2. The fourth-order valence-electron chi connectivity index (χ4n) is 8.55. The Morgan fingerprint density at radius 3 is 2.03 bits per heavy atom. The SMILES string of the molecule is CO[C@H]1/C=C\O[C@@]2(C)Oc3c(C)c(OC(=O)c4ccc(C)cc4)c4c(c3C2=O)C(=O)C(Nc2ccc(C)cc2)=C(NC(=O)/C(C)=C\C=C/[C@H](C)[C@H](O)[C@@H](C)[C@H](O)[C@H](C)[C@H](OC(C)=O)[C@@H]1C)C4=O.